The predicted molar refractivity (Wildman–Crippen MR) is 139 cm³/mol. The van der Waals surface area contributed by atoms with Crippen molar-refractivity contribution < 1.29 is 23.8 Å². The molecule has 35 heavy (non-hydrogen) atoms. The first-order valence-corrected chi connectivity index (χ1v) is 12.9. The van der Waals surface area contributed by atoms with Gasteiger partial charge in [0, 0.05) is 42.6 Å². The van der Waals surface area contributed by atoms with Crippen molar-refractivity contribution in [1.82, 2.24) is 15.1 Å². The number of amides is 3. The lowest BCUT2D eigenvalue weighted by atomic mass is 10.1. The van der Waals surface area contributed by atoms with Gasteiger partial charge < -0.3 is 29.3 Å². The molecule has 2 aromatic rings. The number of hydrogen-bond acceptors (Lipinski definition) is 6. The van der Waals surface area contributed by atoms with Crippen molar-refractivity contribution in [1.29, 1.82) is 0 Å². The van der Waals surface area contributed by atoms with E-state index in [9.17, 15) is 9.59 Å². The Balaban J connectivity index is 2.14. The van der Waals surface area contributed by atoms with E-state index in [-0.39, 0.29) is 18.5 Å². The molecular weight excluding hydrogens is 466 g/mol. The summed E-state index contributed by atoms with van der Waals surface area (Å²) in [6.45, 7) is 9.06. The summed E-state index contributed by atoms with van der Waals surface area (Å²) in [5.41, 5.74) is 1.04. The minimum absolute atomic E-state index is 0.0221. The lowest BCUT2D eigenvalue weighted by molar-refractivity contribution is -0.132. The summed E-state index contributed by atoms with van der Waals surface area (Å²) in [7, 11) is 3.22. The fourth-order valence-corrected chi connectivity index (χ4v) is 4.54. The summed E-state index contributed by atoms with van der Waals surface area (Å²) in [5, 5.41) is 2.82. The molecule has 1 aromatic heterocycles. The van der Waals surface area contributed by atoms with Crippen LogP contribution < -0.4 is 14.8 Å². The molecule has 2 rings (SSSR count). The summed E-state index contributed by atoms with van der Waals surface area (Å²) in [4.78, 5) is 31.8. The number of thiophene rings is 1. The maximum atomic E-state index is 13.4. The minimum atomic E-state index is -0.232. The molecule has 0 aliphatic heterocycles. The van der Waals surface area contributed by atoms with Gasteiger partial charge in [-0.3, -0.25) is 4.79 Å². The second-order valence-corrected chi connectivity index (χ2v) is 9.45. The van der Waals surface area contributed by atoms with Crippen LogP contribution in [0.2, 0.25) is 0 Å². The van der Waals surface area contributed by atoms with Crippen molar-refractivity contribution in [3.63, 3.8) is 0 Å². The van der Waals surface area contributed by atoms with E-state index in [1.807, 2.05) is 36.9 Å². The molecule has 8 nitrogen and oxygen atoms in total. The number of ether oxygens (including phenoxy) is 3. The number of carbonyl (C=O) groups excluding carboxylic acids is 2. The normalized spacial score (nSPS) is 10.7. The summed E-state index contributed by atoms with van der Waals surface area (Å²) in [5.74, 6) is 1.25. The average molecular weight is 506 g/mol. The van der Waals surface area contributed by atoms with Crippen LogP contribution in [0.5, 0.6) is 11.5 Å². The molecule has 3 amide bonds. The molecule has 194 valence electrons. The van der Waals surface area contributed by atoms with E-state index >= 15 is 0 Å². The number of carbonyl (C=O) groups is 2. The number of aryl methyl sites for hydroxylation is 1. The Labute approximate surface area is 213 Å². The molecule has 0 spiro atoms. The maximum absolute atomic E-state index is 13.4. The number of methoxy groups -OCH3 is 2. The van der Waals surface area contributed by atoms with Crippen molar-refractivity contribution in [2.24, 2.45) is 0 Å². The first-order valence-electron chi connectivity index (χ1n) is 12.1. The van der Waals surface area contributed by atoms with E-state index in [2.05, 4.69) is 24.4 Å². The Bertz CT molecular complexity index is 933. The molecule has 0 atom stereocenters. The number of nitrogens with zero attached hydrogens (tertiary/aromatic N) is 2. The van der Waals surface area contributed by atoms with E-state index in [0.717, 1.165) is 10.4 Å². The summed E-state index contributed by atoms with van der Waals surface area (Å²) >= 11 is 1.68. The Morgan fingerprint density at radius 2 is 1.77 bits per heavy atom. The van der Waals surface area contributed by atoms with Crippen molar-refractivity contribution >= 4 is 23.3 Å². The third-order valence-corrected chi connectivity index (χ3v) is 6.46. The summed E-state index contributed by atoms with van der Waals surface area (Å²) in [6, 6.07) is 9.67. The van der Waals surface area contributed by atoms with Gasteiger partial charge in [-0.2, -0.15) is 0 Å². The van der Waals surface area contributed by atoms with Crippen LogP contribution in [0, 0.1) is 6.92 Å². The van der Waals surface area contributed by atoms with Gasteiger partial charge in [-0.1, -0.05) is 6.07 Å². The molecule has 0 fully saturated rings. The molecule has 1 heterocycles. The van der Waals surface area contributed by atoms with Gasteiger partial charge in [0.25, 0.3) is 0 Å². The second kappa shape index (κ2) is 15.3. The van der Waals surface area contributed by atoms with Gasteiger partial charge in [-0.25, -0.2) is 4.79 Å². The van der Waals surface area contributed by atoms with Gasteiger partial charge in [0.1, 0.15) is 6.54 Å². The van der Waals surface area contributed by atoms with Crippen LogP contribution >= 0.6 is 11.3 Å². The van der Waals surface area contributed by atoms with Crippen molar-refractivity contribution in [2.75, 3.05) is 53.6 Å². The summed E-state index contributed by atoms with van der Waals surface area (Å²) in [6.07, 6.45) is 1.33. The highest BCUT2D eigenvalue weighted by atomic mass is 32.1. The third kappa shape index (κ3) is 9.41. The molecule has 1 aromatic carbocycles. The first kappa shape index (κ1) is 28.5. The molecule has 0 saturated heterocycles. The quantitative estimate of drug-likeness (QED) is 0.369. The van der Waals surface area contributed by atoms with Gasteiger partial charge in [0.15, 0.2) is 11.5 Å². The highest BCUT2D eigenvalue weighted by Gasteiger charge is 2.22. The lowest BCUT2D eigenvalue weighted by Gasteiger charge is -2.28. The molecule has 0 aliphatic carbocycles. The molecule has 0 saturated carbocycles. The fraction of sp³-hybridized carbons (Fsp3) is 0.538. The molecule has 0 bridgehead atoms. The topological polar surface area (TPSA) is 80.3 Å². The smallest absolute Gasteiger partial charge is 0.317 e. The maximum Gasteiger partial charge on any atom is 0.317 e. The zero-order chi connectivity index (χ0) is 25.6. The standard InChI is InChI=1S/C26H39N3O5S/c1-6-27-26(31)29(14-8-16-34-7-2)19-25(30)28(18-22-11-9-20(3)35-22)15-13-21-10-12-23(32-4)24(17-21)33-5/h9-12,17H,6-8,13-16,18-19H2,1-5H3,(H,27,31). The van der Waals surface area contributed by atoms with Crippen LogP contribution in [0.4, 0.5) is 4.79 Å². The molecule has 0 radical (unpaired) electrons. The zero-order valence-corrected chi connectivity index (χ0v) is 22.4. The largest absolute Gasteiger partial charge is 0.493 e. The van der Waals surface area contributed by atoms with Gasteiger partial charge in [-0.05, 0) is 63.4 Å². The Kier molecular flexibility index (Phi) is 12.4. The second-order valence-electron chi connectivity index (χ2n) is 8.07. The Morgan fingerprint density at radius 3 is 2.40 bits per heavy atom. The molecule has 1 N–H and O–H groups in total. The molecule has 9 heteroatoms. The van der Waals surface area contributed by atoms with E-state index in [1.54, 1.807) is 30.5 Å². The number of nitrogens with one attached hydrogen (secondary N) is 1. The van der Waals surface area contributed by atoms with Gasteiger partial charge in [0.2, 0.25) is 5.91 Å². The minimum Gasteiger partial charge on any atom is -0.493 e. The van der Waals surface area contributed by atoms with Gasteiger partial charge in [0.05, 0.1) is 20.8 Å². The number of benzene rings is 1. The Morgan fingerprint density at radius 1 is 1.00 bits per heavy atom. The van der Waals surface area contributed by atoms with Gasteiger partial charge >= 0.3 is 6.03 Å². The fourth-order valence-electron chi connectivity index (χ4n) is 3.63. The number of hydrogen-bond donors (Lipinski definition) is 1. The highest BCUT2D eigenvalue weighted by molar-refractivity contribution is 7.11. The summed E-state index contributed by atoms with van der Waals surface area (Å²) < 4.78 is 16.2. The zero-order valence-electron chi connectivity index (χ0n) is 21.6. The van der Waals surface area contributed by atoms with Crippen molar-refractivity contribution in [3.05, 3.63) is 45.6 Å². The SMILES string of the molecule is CCNC(=O)N(CCCOCC)CC(=O)N(CCc1ccc(OC)c(OC)c1)Cc1ccc(C)s1. The molecular formula is C26H39N3O5S. The molecule has 0 unspecified atom stereocenters. The monoisotopic (exact) mass is 505 g/mol. The van der Waals surface area contributed by atoms with Crippen LogP contribution in [-0.4, -0.2) is 75.4 Å². The van der Waals surface area contributed by atoms with Gasteiger partial charge in [-0.15, -0.1) is 11.3 Å². The van der Waals surface area contributed by atoms with E-state index in [0.29, 0.717) is 63.7 Å². The highest BCUT2D eigenvalue weighted by Crippen LogP contribution is 2.28. The first-order chi connectivity index (χ1) is 16.9. The lowest BCUT2D eigenvalue weighted by Crippen LogP contribution is -2.47. The van der Waals surface area contributed by atoms with Crippen LogP contribution in [0.15, 0.2) is 30.3 Å². The average Bonchev–Trinajstić information content (AvgIpc) is 3.27. The van der Waals surface area contributed by atoms with Crippen LogP contribution in [0.1, 0.15) is 35.6 Å². The predicted octanol–water partition coefficient (Wildman–Crippen LogP) is 4.10. The van der Waals surface area contributed by atoms with E-state index in [4.69, 9.17) is 14.2 Å². The van der Waals surface area contributed by atoms with E-state index in [1.165, 1.54) is 4.88 Å². The Hall–Kier alpha value is -2.78. The van der Waals surface area contributed by atoms with Crippen LogP contribution in [-0.2, 0) is 22.5 Å². The van der Waals surface area contributed by atoms with Crippen LogP contribution in [0.25, 0.3) is 0 Å². The van der Waals surface area contributed by atoms with Crippen molar-refractivity contribution in [2.45, 2.75) is 40.2 Å². The van der Waals surface area contributed by atoms with E-state index < -0.39 is 0 Å². The van der Waals surface area contributed by atoms with Crippen molar-refractivity contribution in [3.8, 4) is 11.5 Å². The third-order valence-electron chi connectivity index (χ3n) is 5.48. The number of rotatable bonds is 15. The van der Waals surface area contributed by atoms with Crippen LogP contribution in [0.3, 0.4) is 0 Å². The number of urea groups is 1. The molecule has 0 aliphatic rings.